The van der Waals surface area contributed by atoms with E-state index in [1.54, 1.807) is 0 Å². The van der Waals surface area contributed by atoms with Crippen LogP contribution in [0, 0.1) is 0 Å². The SMILES string of the molecule is CCOC(C)CN1CC(C)(c2ccccc2)NCC1C. The number of ether oxygens (including phenoxy) is 1. The molecule has 0 saturated carbocycles. The average Bonchev–Trinajstić information content (AvgIpc) is 2.44. The van der Waals surface area contributed by atoms with Gasteiger partial charge in [-0.15, -0.1) is 0 Å². The van der Waals surface area contributed by atoms with Crippen LogP contribution >= 0.6 is 0 Å². The number of benzene rings is 1. The zero-order chi connectivity index (χ0) is 14.6. The van der Waals surface area contributed by atoms with E-state index in [0.29, 0.717) is 12.1 Å². The molecule has 0 bridgehead atoms. The molecule has 1 aromatic rings. The van der Waals surface area contributed by atoms with E-state index >= 15 is 0 Å². The Labute approximate surface area is 123 Å². The summed E-state index contributed by atoms with van der Waals surface area (Å²) >= 11 is 0. The van der Waals surface area contributed by atoms with Crippen molar-refractivity contribution >= 4 is 0 Å². The number of piperazine rings is 1. The summed E-state index contributed by atoms with van der Waals surface area (Å²) in [5.74, 6) is 0. The molecular formula is C17H28N2O. The van der Waals surface area contributed by atoms with E-state index in [0.717, 1.165) is 26.2 Å². The van der Waals surface area contributed by atoms with Gasteiger partial charge in [-0.25, -0.2) is 0 Å². The van der Waals surface area contributed by atoms with Gasteiger partial charge < -0.3 is 10.1 Å². The van der Waals surface area contributed by atoms with Gasteiger partial charge in [0, 0.05) is 32.3 Å². The van der Waals surface area contributed by atoms with Crippen LogP contribution in [0.5, 0.6) is 0 Å². The fraction of sp³-hybridized carbons (Fsp3) is 0.647. The lowest BCUT2D eigenvalue weighted by atomic mass is 9.88. The first-order chi connectivity index (χ1) is 9.55. The molecule has 1 aliphatic rings. The molecule has 1 heterocycles. The number of hydrogen-bond acceptors (Lipinski definition) is 3. The summed E-state index contributed by atoms with van der Waals surface area (Å²) < 4.78 is 5.70. The van der Waals surface area contributed by atoms with Crippen molar-refractivity contribution in [2.45, 2.75) is 45.4 Å². The van der Waals surface area contributed by atoms with E-state index in [2.05, 4.69) is 68.2 Å². The van der Waals surface area contributed by atoms with Crippen LogP contribution in [0.25, 0.3) is 0 Å². The van der Waals surface area contributed by atoms with E-state index in [9.17, 15) is 0 Å². The maximum Gasteiger partial charge on any atom is 0.0673 e. The summed E-state index contributed by atoms with van der Waals surface area (Å²) in [6, 6.07) is 11.3. The van der Waals surface area contributed by atoms with Crippen LogP contribution in [0.3, 0.4) is 0 Å². The van der Waals surface area contributed by atoms with Crippen molar-refractivity contribution in [2.24, 2.45) is 0 Å². The number of rotatable bonds is 5. The molecule has 0 amide bonds. The third kappa shape index (κ3) is 3.60. The Bertz CT molecular complexity index is 409. The highest BCUT2D eigenvalue weighted by Crippen LogP contribution is 2.26. The van der Waals surface area contributed by atoms with Crippen LogP contribution in [0.2, 0.25) is 0 Å². The molecule has 112 valence electrons. The molecule has 1 aromatic carbocycles. The Balaban J connectivity index is 2.07. The molecule has 3 unspecified atom stereocenters. The fourth-order valence-electron chi connectivity index (χ4n) is 3.03. The van der Waals surface area contributed by atoms with E-state index < -0.39 is 0 Å². The topological polar surface area (TPSA) is 24.5 Å². The quantitative estimate of drug-likeness (QED) is 0.895. The molecule has 1 aliphatic heterocycles. The van der Waals surface area contributed by atoms with E-state index in [1.165, 1.54) is 5.56 Å². The Morgan fingerprint density at radius 3 is 2.75 bits per heavy atom. The summed E-state index contributed by atoms with van der Waals surface area (Å²) in [7, 11) is 0. The van der Waals surface area contributed by atoms with Crippen LogP contribution < -0.4 is 5.32 Å². The van der Waals surface area contributed by atoms with Gasteiger partial charge in [-0.3, -0.25) is 4.90 Å². The van der Waals surface area contributed by atoms with Gasteiger partial charge in [-0.1, -0.05) is 30.3 Å². The zero-order valence-corrected chi connectivity index (χ0v) is 13.2. The zero-order valence-electron chi connectivity index (χ0n) is 13.2. The molecule has 0 radical (unpaired) electrons. The second-order valence-corrected chi connectivity index (χ2v) is 6.12. The van der Waals surface area contributed by atoms with Gasteiger partial charge in [0.05, 0.1) is 11.6 Å². The highest BCUT2D eigenvalue weighted by Gasteiger charge is 2.35. The third-order valence-electron chi connectivity index (χ3n) is 4.28. The predicted octanol–water partition coefficient (Wildman–Crippen LogP) is 2.62. The number of hydrogen-bond donors (Lipinski definition) is 1. The van der Waals surface area contributed by atoms with Gasteiger partial charge in [0.2, 0.25) is 0 Å². The van der Waals surface area contributed by atoms with E-state index in [-0.39, 0.29) is 5.54 Å². The molecule has 3 atom stereocenters. The largest absolute Gasteiger partial charge is 0.377 e. The highest BCUT2D eigenvalue weighted by molar-refractivity contribution is 5.25. The van der Waals surface area contributed by atoms with Crippen molar-refractivity contribution in [1.82, 2.24) is 10.2 Å². The van der Waals surface area contributed by atoms with Crippen molar-refractivity contribution < 1.29 is 4.74 Å². The number of nitrogens with zero attached hydrogens (tertiary/aromatic N) is 1. The summed E-state index contributed by atoms with van der Waals surface area (Å²) in [5.41, 5.74) is 1.39. The Morgan fingerprint density at radius 1 is 1.40 bits per heavy atom. The van der Waals surface area contributed by atoms with Crippen molar-refractivity contribution in [2.75, 3.05) is 26.2 Å². The van der Waals surface area contributed by atoms with Gasteiger partial charge in [0.15, 0.2) is 0 Å². The first kappa shape index (κ1) is 15.5. The first-order valence-electron chi connectivity index (χ1n) is 7.71. The minimum Gasteiger partial charge on any atom is -0.377 e. The Hall–Kier alpha value is -0.900. The molecule has 3 nitrogen and oxygen atoms in total. The maximum atomic E-state index is 5.70. The monoisotopic (exact) mass is 276 g/mol. The maximum absolute atomic E-state index is 5.70. The van der Waals surface area contributed by atoms with Gasteiger partial charge >= 0.3 is 0 Å². The fourth-order valence-corrected chi connectivity index (χ4v) is 3.03. The van der Waals surface area contributed by atoms with E-state index in [4.69, 9.17) is 4.74 Å². The van der Waals surface area contributed by atoms with Crippen molar-refractivity contribution in [3.63, 3.8) is 0 Å². The third-order valence-corrected chi connectivity index (χ3v) is 4.28. The second kappa shape index (κ2) is 6.70. The average molecular weight is 276 g/mol. The highest BCUT2D eigenvalue weighted by atomic mass is 16.5. The molecule has 0 spiro atoms. The molecule has 1 fully saturated rings. The normalized spacial score (nSPS) is 29.3. The summed E-state index contributed by atoms with van der Waals surface area (Å²) in [6.45, 7) is 12.6. The van der Waals surface area contributed by atoms with E-state index in [1.807, 2.05) is 0 Å². The lowest BCUT2D eigenvalue weighted by molar-refractivity contribution is 0.0107. The van der Waals surface area contributed by atoms with Crippen molar-refractivity contribution in [3.8, 4) is 0 Å². The predicted molar refractivity (Wildman–Crippen MR) is 83.9 cm³/mol. The van der Waals surface area contributed by atoms with Crippen LogP contribution in [0.1, 0.15) is 33.3 Å². The van der Waals surface area contributed by atoms with Crippen LogP contribution in [0.4, 0.5) is 0 Å². The van der Waals surface area contributed by atoms with Crippen molar-refractivity contribution in [3.05, 3.63) is 35.9 Å². The van der Waals surface area contributed by atoms with Gasteiger partial charge in [0.25, 0.3) is 0 Å². The smallest absolute Gasteiger partial charge is 0.0673 e. The summed E-state index contributed by atoms with van der Waals surface area (Å²) in [5, 5.41) is 3.71. The minimum absolute atomic E-state index is 0.0275. The lowest BCUT2D eigenvalue weighted by Crippen LogP contribution is -2.61. The van der Waals surface area contributed by atoms with Gasteiger partial charge in [0.1, 0.15) is 0 Å². The Morgan fingerprint density at radius 2 is 2.10 bits per heavy atom. The molecule has 1 saturated heterocycles. The molecule has 1 N–H and O–H groups in total. The molecule has 20 heavy (non-hydrogen) atoms. The second-order valence-electron chi connectivity index (χ2n) is 6.12. The molecule has 0 aromatic heterocycles. The first-order valence-corrected chi connectivity index (χ1v) is 7.71. The lowest BCUT2D eigenvalue weighted by Gasteiger charge is -2.46. The van der Waals surface area contributed by atoms with Crippen molar-refractivity contribution in [1.29, 1.82) is 0 Å². The van der Waals surface area contributed by atoms with Crippen LogP contribution in [0.15, 0.2) is 30.3 Å². The van der Waals surface area contributed by atoms with Gasteiger partial charge in [-0.2, -0.15) is 0 Å². The summed E-state index contributed by atoms with van der Waals surface area (Å²) in [6.07, 6.45) is 0.292. The minimum atomic E-state index is 0.0275. The van der Waals surface area contributed by atoms with Gasteiger partial charge in [-0.05, 0) is 33.3 Å². The standard InChI is InChI=1S/C17H28N2O/c1-5-20-15(3)12-19-13-17(4,18-11-14(19)2)16-9-7-6-8-10-16/h6-10,14-15,18H,5,11-13H2,1-4H3. The van der Waals surface area contributed by atoms with Crippen LogP contribution in [-0.4, -0.2) is 43.3 Å². The van der Waals surface area contributed by atoms with Crippen LogP contribution in [-0.2, 0) is 10.3 Å². The molecule has 0 aliphatic carbocycles. The molecular weight excluding hydrogens is 248 g/mol. The Kier molecular flexibility index (Phi) is 5.19. The molecule has 2 rings (SSSR count). The molecule has 3 heteroatoms. The number of nitrogens with one attached hydrogen (secondary N) is 1. The summed E-state index contributed by atoms with van der Waals surface area (Å²) in [4.78, 5) is 2.55.